The van der Waals surface area contributed by atoms with E-state index in [1.54, 1.807) is 18.1 Å². The van der Waals surface area contributed by atoms with Crippen molar-refractivity contribution in [3.05, 3.63) is 17.7 Å². The van der Waals surface area contributed by atoms with Crippen LogP contribution in [-0.2, 0) is 15.3 Å². The van der Waals surface area contributed by atoms with E-state index in [2.05, 4.69) is 15.3 Å². The van der Waals surface area contributed by atoms with Gasteiger partial charge in [0.15, 0.2) is 0 Å². The lowest BCUT2D eigenvalue weighted by Crippen LogP contribution is -2.49. The highest BCUT2D eigenvalue weighted by molar-refractivity contribution is 7.98. The molecule has 1 atom stereocenters. The van der Waals surface area contributed by atoms with Gasteiger partial charge in [-0.25, -0.2) is 4.98 Å². The number of aromatic nitrogens is 2. The van der Waals surface area contributed by atoms with Crippen LogP contribution in [0.25, 0.3) is 0 Å². The number of carbonyl (C=O) groups excluding carboxylic acids is 2. The van der Waals surface area contributed by atoms with Gasteiger partial charge in [0, 0.05) is 42.8 Å². The number of likely N-dealkylation sites (tertiary alicyclic amines) is 1. The Bertz CT molecular complexity index is 598. The fourth-order valence-corrected chi connectivity index (χ4v) is 4.62. The predicted octanol–water partition coefficient (Wildman–Crippen LogP) is 2.25. The maximum Gasteiger partial charge on any atom is 0.224 e. The summed E-state index contributed by atoms with van der Waals surface area (Å²) in [6, 6.07) is 0.371. The molecule has 2 fully saturated rings. The van der Waals surface area contributed by atoms with Crippen molar-refractivity contribution in [1.82, 2.24) is 20.2 Å². The van der Waals surface area contributed by atoms with E-state index in [1.165, 1.54) is 12.8 Å². The third-order valence-corrected chi connectivity index (χ3v) is 6.27. The first-order chi connectivity index (χ1) is 12.1. The Morgan fingerprint density at radius 3 is 2.92 bits per heavy atom. The van der Waals surface area contributed by atoms with Gasteiger partial charge < -0.3 is 15.2 Å². The third-order valence-electron chi connectivity index (χ3n) is 5.30. The highest BCUT2D eigenvalue weighted by Gasteiger charge is 2.34. The summed E-state index contributed by atoms with van der Waals surface area (Å²) in [5, 5.41) is 3.05. The second-order valence-electron chi connectivity index (χ2n) is 7.04. The maximum absolute atomic E-state index is 12.4. The summed E-state index contributed by atoms with van der Waals surface area (Å²) in [6.07, 6.45) is 7.53. The van der Waals surface area contributed by atoms with Crippen molar-refractivity contribution in [3.63, 3.8) is 0 Å². The summed E-state index contributed by atoms with van der Waals surface area (Å²) in [4.78, 5) is 33.9. The minimum Gasteiger partial charge on any atom is -0.355 e. The molecule has 7 heteroatoms. The zero-order chi connectivity index (χ0) is 17.6. The smallest absolute Gasteiger partial charge is 0.224 e. The molecule has 2 heterocycles. The SMILES string of the molecule is Cc1[nH]cnc1CSCCNC(=O)[C@@H]1CCC(=O)N(C2CCCC2)C1. The molecule has 25 heavy (non-hydrogen) atoms. The number of nitrogens with zero attached hydrogens (tertiary/aromatic N) is 2. The number of nitrogens with one attached hydrogen (secondary N) is 2. The van der Waals surface area contributed by atoms with E-state index < -0.39 is 0 Å². The Balaban J connectivity index is 1.37. The molecule has 1 aliphatic carbocycles. The number of H-pyrrole nitrogens is 1. The Kier molecular flexibility index (Phi) is 6.39. The molecule has 1 aromatic rings. The maximum atomic E-state index is 12.4. The van der Waals surface area contributed by atoms with Gasteiger partial charge in [0.05, 0.1) is 17.9 Å². The fourth-order valence-electron chi connectivity index (χ4n) is 3.75. The number of hydrogen-bond acceptors (Lipinski definition) is 4. The molecule has 1 saturated heterocycles. The van der Waals surface area contributed by atoms with Gasteiger partial charge in [0.25, 0.3) is 0 Å². The standard InChI is InChI=1S/C18H28N4O2S/c1-13-16(21-12-20-13)11-25-9-8-19-18(24)14-6-7-17(23)22(10-14)15-4-2-3-5-15/h12,14-15H,2-11H2,1H3,(H,19,24)(H,20,21)/t14-/m1/s1. The molecule has 1 saturated carbocycles. The van der Waals surface area contributed by atoms with Crippen LogP contribution in [-0.4, -0.2) is 51.6 Å². The zero-order valence-electron chi connectivity index (χ0n) is 14.9. The zero-order valence-corrected chi connectivity index (χ0v) is 15.7. The first-order valence-corrected chi connectivity index (χ1v) is 10.4. The van der Waals surface area contributed by atoms with Gasteiger partial charge >= 0.3 is 0 Å². The molecule has 0 unspecified atom stereocenters. The number of carbonyl (C=O) groups is 2. The van der Waals surface area contributed by atoms with Crippen LogP contribution in [0.4, 0.5) is 0 Å². The Labute approximate surface area is 153 Å². The lowest BCUT2D eigenvalue weighted by molar-refractivity contribution is -0.140. The topological polar surface area (TPSA) is 78.1 Å². The van der Waals surface area contributed by atoms with E-state index in [9.17, 15) is 9.59 Å². The molecule has 138 valence electrons. The number of aryl methyl sites for hydroxylation is 1. The number of amides is 2. The third kappa shape index (κ3) is 4.77. The Hall–Kier alpha value is -1.50. The summed E-state index contributed by atoms with van der Waals surface area (Å²) in [5.74, 6) is 2.03. The van der Waals surface area contributed by atoms with Gasteiger partial charge in [-0.15, -0.1) is 0 Å². The van der Waals surface area contributed by atoms with Gasteiger partial charge in [-0.05, 0) is 26.2 Å². The second kappa shape index (κ2) is 8.74. The highest BCUT2D eigenvalue weighted by Crippen LogP contribution is 2.28. The quantitative estimate of drug-likeness (QED) is 0.728. The summed E-state index contributed by atoms with van der Waals surface area (Å²) >= 11 is 1.77. The van der Waals surface area contributed by atoms with Crippen molar-refractivity contribution in [2.45, 2.75) is 57.2 Å². The average Bonchev–Trinajstić information content (AvgIpc) is 3.27. The molecule has 1 aliphatic heterocycles. The Morgan fingerprint density at radius 1 is 1.40 bits per heavy atom. The lowest BCUT2D eigenvalue weighted by atomic mass is 9.95. The molecule has 3 rings (SSSR count). The van der Waals surface area contributed by atoms with Crippen LogP contribution in [0.15, 0.2) is 6.33 Å². The molecular formula is C18H28N4O2S. The van der Waals surface area contributed by atoms with E-state index in [1.807, 2.05) is 11.8 Å². The van der Waals surface area contributed by atoms with Crippen molar-refractivity contribution >= 4 is 23.6 Å². The summed E-state index contributed by atoms with van der Waals surface area (Å²) in [5.41, 5.74) is 2.18. The van der Waals surface area contributed by atoms with Crippen molar-refractivity contribution in [3.8, 4) is 0 Å². The van der Waals surface area contributed by atoms with Crippen LogP contribution in [0, 0.1) is 12.8 Å². The van der Waals surface area contributed by atoms with Crippen LogP contribution >= 0.6 is 11.8 Å². The fraction of sp³-hybridized carbons (Fsp3) is 0.722. The molecule has 0 spiro atoms. The highest BCUT2D eigenvalue weighted by atomic mass is 32.2. The van der Waals surface area contributed by atoms with E-state index in [0.717, 1.165) is 35.7 Å². The Morgan fingerprint density at radius 2 is 2.20 bits per heavy atom. The second-order valence-corrected chi connectivity index (χ2v) is 8.14. The van der Waals surface area contributed by atoms with Gasteiger partial charge in [-0.1, -0.05) is 12.8 Å². The molecule has 2 N–H and O–H groups in total. The van der Waals surface area contributed by atoms with Gasteiger partial charge in [0.2, 0.25) is 11.8 Å². The molecule has 0 radical (unpaired) electrons. The number of hydrogen-bond donors (Lipinski definition) is 2. The van der Waals surface area contributed by atoms with E-state index in [0.29, 0.717) is 32.0 Å². The molecule has 2 amide bonds. The number of aromatic amines is 1. The summed E-state index contributed by atoms with van der Waals surface area (Å²) < 4.78 is 0. The number of rotatable bonds is 7. The van der Waals surface area contributed by atoms with Gasteiger partial charge in [-0.2, -0.15) is 11.8 Å². The first kappa shape index (κ1) is 18.3. The molecule has 6 nitrogen and oxygen atoms in total. The predicted molar refractivity (Wildman–Crippen MR) is 99.2 cm³/mol. The summed E-state index contributed by atoms with van der Waals surface area (Å²) in [6.45, 7) is 3.29. The van der Waals surface area contributed by atoms with Crippen LogP contribution in [0.1, 0.15) is 49.9 Å². The van der Waals surface area contributed by atoms with Crippen LogP contribution in [0.5, 0.6) is 0 Å². The van der Waals surface area contributed by atoms with Crippen molar-refractivity contribution in [2.24, 2.45) is 5.92 Å². The van der Waals surface area contributed by atoms with Crippen molar-refractivity contribution in [1.29, 1.82) is 0 Å². The van der Waals surface area contributed by atoms with Gasteiger partial charge in [-0.3, -0.25) is 9.59 Å². The number of imidazole rings is 1. The van der Waals surface area contributed by atoms with Crippen molar-refractivity contribution in [2.75, 3.05) is 18.8 Å². The number of piperidine rings is 1. The minimum absolute atomic E-state index is 0.0446. The van der Waals surface area contributed by atoms with E-state index in [4.69, 9.17) is 0 Å². The average molecular weight is 365 g/mol. The largest absolute Gasteiger partial charge is 0.355 e. The molecular weight excluding hydrogens is 336 g/mol. The first-order valence-electron chi connectivity index (χ1n) is 9.29. The van der Waals surface area contributed by atoms with Gasteiger partial charge in [0.1, 0.15) is 0 Å². The number of thioether (sulfide) groups is 1. The molecule has 0 bridgehead atoms. The van der Waals surface area contributed by atoms with Crippen molar-refractivity contribution < 1.29 is 9.59 Å². The van der Waals surface area contributed by atoms with E-state index >= 15 is 0 Å². The normalized spacial score (nSPS) is 21.7. The minimum atomic E-state index is -0.0446. The molecule has 0 aromatic carbocycles. The van der Waals surface area contributed by atoms with Crippen LogP contribution < -0.4 is 5.32 Å². The van der Waals surface area contributed by atoms with Crippen LogP contribution in [0.2, 0.25) is 0 Å². The van der Waals surface area contributed by atoms with Crippen LogP contribution in [0.3, 0.4) is 0 Å². The van der Waals surface area contributed by atoms with E-state index in [-0.39, 0.29) is 17.7 Å². The monoisotopic (exact) mass is 364 g/mol. The molecule has 2 aliphatic rings. The molecule has 1 aromatic heterocycles. The lowest BCUT2D eigenvalue weighted by Gasteiger charge is -2.36. The summed E-state index contributed by atoms with van der Waals surface area (Å²) in [7, 11) is 0.